The smallest absolute Gasteiger partial charge is 0.322 e. The Balaban J connectivity index is 1.78. The highest BCUT2D eigenvalue weighted by Crippen LogP contribution is 2.23. The molecule has 22 heavy (non-hydrogen) atoms. The zero-order valence-electron chi connectivity index (χ0n) is 11.1. The Kier molecular flexibility index (Phi) is 4.53. The van der Waals surface area contributed by atoms with E-state index in [1.165, 1.54) is 0 Å². The molecule has 3 rings (SSSR count). The number of halogens is 2. The van der Waals surface area contributed by atoms with Crippen LogP contribution in [-0.2, 0) is 0 Å². The lowest BCUT2D eigenvalue weighted by Gasteiger charge is -2.00. The molecule has 5 nitrogen and oxygen atoms in total. The average molecular weight is 470 g/mol. The number of amides is 1. The van der Waals surface area contributed by atoms with Crippen LogP contribution in [0.25, 0.3) is 11.5 Å². The summed E-state index contributed by atoms with van der Waals surface area (Å²) >= 11 is 5.53. The Morgan fingerprint density at radius 1 is 1.14 bits per heavy atom. The molecule has 110 valence electrons. The van der Waals surface area contributed by atoms with Crippen molar-refractivity contribution in [1.29, 1.82) is 0 Å². The van der Waals surface area contributed by atoms with Crippen molar-refractivity contribution >= 4 is 50.4 Å². The number of nitrogens with one attached hydrogen (secondary N) is 1. The molecule has 0 aliphatic rings. The Morgan fingerprint density at radius 3 is 2.73 bits per heavy atom. The van der Waals surface area contributed by atoms with E-state index in [0.717, 1.165) is 13.6 Å². The fourth-order valence-corrected chi connectivity index (χ4v) is 2.75. The van der Waals surface area contributed by atoms with Gasteiger partial charge in [-0.15, -0.1) is 5.10 Å². The van der Waals surface area contributed by atoms with Gasteiger partial charge in [-0.25, -0.2) is 0 Å². The molecule has 1 heterocycles. The SMILES string of the molecule is O=C(Nc1nnc(-c2cccc(Br)c2)o1)c1cccc(I)c1. The van der Waals surface area contributed by atoms with Gasteiger partial charge >= 0.3 is 6.01 Å². The normalized spacial score (nSPS) is 10.5. The maximum Gasteiger partial charge on any atom is 0.322 e. The van der Waals surface area contributed by atoms with Crippen LogP contribution in [0.15, 0.2) is 57.4 Å². The molecule has 3 aromatic rings. The van der Waals surface area contributed by atoms with Crippen molar-refractivity contribution < 1.29 is 9.21 Å². The van der Waals surface area contributed by atoms with Crippen LogP contribution >= 0.6 is 38.5 Å². The second kappa shape index (κ2) is 6.57. The quantitative estimate of drug-likeness (QED) is 0.579. The standard InChI is InChI=1S/C15H9BrIN3O2/c16-11-5-1-4-10(7-11)14-19-20-15(22-14)18-13(21)9-3-2-6-12(17)8-9/h1-8H,(H,18,20,21). The summed E-state index contributed by atoms with van der Waals surface area (Å²) in [6.45, 7) is 0. The van der Waals surface area contributed by atoms with E-state index in [9.17, 15) is 4.79 Å². The third kappa shape index (κ3) is 3.53. The van der Waals surface area contributed by atoms with E-state index in [-0.39, 0.29) is 11.9 Å². The number of benzene rings is 2. The molecule has 1 amide bonds. The third-order valence-electron chi connectivity index (χ3n) is 2.80. The van der Waals surface area contributed by atoms with Gasteiger partial charge in [0.25, 0.3) is 5.91 Å². The van der Waals surface area contributed by atoms with E-state index in [2.05, 4.69) is 54.0 Å². The molecule has 1 aromatic heterocycles. The summed E-state index contributed by atoms with van der Waals surface area (Å²) in [6.07, 6.45) is 0. The van der Waals surface area contributed by atoms with Crippen LogP contribution in [0.2, 0.25) is 0 Å². The predicted octanol–water partition coefficient (Wildman–Crippen LogP) is 4.36. The lowest BCUT2D eigenvalue weighted by molar-refractivity contribution is 0.102. The van der Waals surface area contributed by atoms with Crippen LogP contribution in [0.1, 0.15) is 10.4 Å². The van der Waals surface area contributed by atoms with Crippen LogP contribution in [0, 0.1) is 3.57 Å². The topological polar surface area (TPSA) is 68.0 Å². The number of carbonyl (C=O) groups is 1. The number of rotatable bonds is 3. The summed E-state index contributed by atoms with van der Waals surface area (Å²) in [5, 5.41) is 10.4. The third-order valence-corrected chi connectivity index (χ3v) is 3.97. The molecule has 7 heteroatoms. The lowest BCUT2D eigenvalue weighted by Crippen LogP contribution is -2.12. The van der Waals surface area contributed by atoms with Gasteiger partial charge in [0.2, 0.25) is 5.89 Å². The summed E-state index contributed by atoms with van der Waals surface area (Å²) in [4.78, 5) is 12.1. The molecule has 1 N–H and O–H groups in total. The van der Waals surface area contributed by atoms with E-state index < -0.39 is 0 Å². The van der Waals surface area contributed by atoms with Gasteiger partial charge in [-0.3, -0.25) is 10.1 Å². The van der Waals surface area contributed by atoms with Crippen molar-refractivity contribution in [2.24, 2.45) is 0 Å². The second-order valence-electron chi connectivity index (χ2n) is 4.39. The molecule has 0 saturated heterocycles. The van der Waals surface area contributed by atoms with Crippen LogP contribution in [-0.4, -0.2) is 16.1 Å². The highest BCUT2D eigenvalue weighted by atomic mass is 127. The molecule has 0 atom stereocenters. The molecule has 0 aliphatic carbocycles. The van der Waals surface area contributed by atoms with Gasteiger partial charge in [0.15, 0.2) is 0 Å². The summed E-state index contributed by atoms with van der Waals surface area (Å²) in [7, 11) is 0. The number of aromatic nitrogens is 2. The molecular formula is C15H9BrIN3O2. The Labute approximate surface area is 148 Å². The van der Waals surface area contributed by atoms with Gasteiger partial charge in [-0.1, -0.05) is 33.2 Å². The predicted molar refractivity (Wildman–Crippen MR) is 94.5 cm³/mol. The summed E-state index contributed by atoms with van der Waals surface area (Å²) in [5.74, 6) is 0.0576. The Hall–Kier alpha value is -1.74. The number of nitrogens with zero attached hydrogens (tertiary/aromatic N) is 2. The molecule has 0 bridgehead atoms. The van der Waals surface area contributed by atoms with Gasteiger partial charge in [0, 0.05) is 19.2 Å². The lowest BCUT2D eigenvalue weighted by atomic mass is 10.2. The zero-order chi connectivity index (χ0) is 15.5. The van der Waals surface area contributed by atoms with Crippen molar-refractivity contribution in [3.8, 4) is 11.5 Å². The highest BCUT2D eigenvalue weighted by Gasteiger charge is 2.13. The summed E-state index contributed by atoms with van der Waals surface area (Å²) in [5.41, 5.74) is 1.31. The van der Waals surface area contributed by atoms with Crippen LogP contribution in [0.4, 0.5) is 6.01 Å². The fourth-order valence-electron chi connectivity index (χ4n) is 1.81. The molecule has 0 radical (unpaired) electrons. The molecule has 2 aromatic carbocycles. The molecule has 0 saturated carbocycles. The maximum atomic E-state index is 12.1. The number of anilines is 1. The van der Waals surface area contributed by atoms with E-state index >= 15 is 0 Å². The van der Waals surface area contributed by atoms with Crippen molar-refractivity contribution in [2.45, 2.75) is 0 Å². The average Bonchev–Trinajstić information content (AvgIpc) is 2.96. The Bertz CT molecular complexity index is 835. The van der Waals surface area contributed by atoms with Crippen molar-refractivity contribution in [3.05, 3.63) is 62.1 Å². The molecule has 0 spiro atoms. The van der Waals surface area contributed by atoms with Gasteiger partial charge in [0.1, 0.15) is 0 Å². The first-order valence-electron chi connectivity index (χ1n) is 6.28. The van der Waals surface area contributed by atoms with Crippen LogP contribution in [0.3, 0.4) is 0 Å². The van der Waals surface area contributed by atoms with Crippen molar-refractivity contribution in [2.75, 3.05) is 5.32 Å². The molecular weight excluding hydrogens is 461 g/mol. The zero-order valence-corrected chi connectivity index (χ0v) is 14.8. The van der Waals surface area contributed by atoms with Gasteiger partial charge in [0.05, 0.1) is 0 Å². The van der Waals surface area contributed by atoms with Gasteiger partial charge in [-0.2, -0.15) is 0 Å². The van der Waals surface area contributed by atoms with E-state index in [0.29, 0.717) is 11.5 Å². The van der Waals surface area contributed by atoms with E-state index in [1.807, 2.05) is 36.4 Å². The molecule has 0 aliphatic heterocycles. The number of carbonyl (C=O) groups excluding carboxylic acids is 1. The Morgan fingerprint density at radius 2 is 1.95 bits per heavy atom. The van der Waals surface area contributed by atoms with E-state index in [1.54, 1.807) is 12.1 Å². The number of hydrogen-bond donors (Lipinski definition) is 1. The minimum absolute atomic E-state index is 0.0684. The van der Waals surface area contributed by atoms with Crippen molar-refractivity contribution in [3.63, 3.8) is 0 Å². The maximum absolute atomic E-state index is 12.1. The first-order valence-corrected chi connectivity index (χ1v) is 8.15. The van der Waals surface area contributed by atoms with Crippen LogP contribution < -0.4 is 5.32 Å². The van der Waals surface area contributed by atoms with Crippen molar-refractivity contribution in [1.82, 2.24) is 10.2 Å². The van der Waals surface area contributed by atoms with E-state index in [4.69, 9.17) is 4.42 Å². The highest BCUT2D eigenvalue weighted by molar-refractivity contribution is 14.1. The largest absolute Gasteiger partial charge is 0.403 e. The fraction of sp³-hybridized carbons (Fsp3) is 0. The minimum atomic E-state index is -0.289. The summed E-state index contributed by atoms with van der Waals surface area (Å²) < 4.78 is 7.36. The molecule has 0 unspecified atom stereocenters. The minimum Gasteiger partial charge on any atom is -0.403 e. The van der Waals surface area contributed by atoms with Crippen LogP contribution in [0.5, 0.6) is 0 Å². The second-order valence-corrected chi connectivity index (χ2v) is 6.55. The summed E-state index contributed by atoms with van der Waals surface area (Å²) in [6, 6.07) is 14.8. The molecule has 0 fully saturated rings. The van der Waals surface area contributed by atoms with Gasteiger partial charge < -0.3 is 4.42 Å². The monoisotopic (exact) mass is 469 g/mol. The number of hydrogen-bond acceptors (Lipinski definition) is 4. The van der Waals surface area contributed by atoms with Gasteiger partial charge in [-0.05, 0) is 59.0 Å². The first kappa shape index (κ1) is 15.2. The first-order chi connectivity index (χ1) is 10.6.